The highest BCUT2D eigenvalue weighted by atomic mass is 19.1. The van der Waals surface area contributed by atoms with Gasteiger partial charge in [0.2, 0.25) is 5.78 Å². The van der Waals surface area contributed by atoms with Crippen LogP contribution in [0.25, 0.3) is 5.76 Å². The Bertz CT molecular complexity index is 1210. The number of amides is 1. The first-order valence-electron chi connectivity index (χ1n) is 11.2. The zero-order valence-corrected chi connectivity index (χ0v) is 19.4. The van der Waals surface area contributed by atoms with E-state index in [1.165, 1.54) is 0 Å². The average Bonchev–Trinajstić information content (AvgIpc) is 2.77. The number of benzene rings is 1. The van der Waals surface area contributed by atoms with Crippen molar-refractivity contribution in [3.8, 4) is 5.75 Å². The second-order valence-electron chi connectivity index (χ2n) is 9.42. The monoisotopic (exact) mass is 489 g/mol. The second-order valence-corrected chi connectivity index (χ2v) is 9.42. The SMILES string of the molecule is CN(C)c1cc(CNCCF)c(O)c2c1CC1CC3CC(=O)C(C(N)=O)=C(O)C3(O)C(=O)C1=C2O. The standard InChI is InChI=1S/C24H28FN3O7/c1-28(2)14-7-11(9-27-4-3-25)19(30)17-13(14)6-10-5-12-8-15(29)18(23(26)34)22(33)24(12,35)21(32)16(10)20(17)31/h7,10,12,27,30-31,33,35H,3-6,8-9H2,1-2H3,(H2,26,34). The smallest absolute Gasteiger partial charge is 0.255 e. The van der Waals surface area contributed by atoms with Crippen LogP contribution in [0.1, 0.15) is 29.5 Å². The van der Waals surface area contributed by atoms with E-state index in [4.69, 9.17) is 5.73 Å². The minimum absolute atomic E-state index is 0.0142. The fraction of sp³-hybridized carbons (Fsp3) is 0.458. The van der Waals surface area contributed by atoms with E-state index in [2.05, 4.69) is 5.32 Å². The molecule has 1 aromatic rings. The molecule has 0 saturated heterocycles. The number of rotatable bonds is 6. The quantitative estimate of drug-likeness (QED) is 0.246. The van der Waals surface area contributed by atoms with Crippen molar-refractivity contribution in [2.24, 2.45) is 17.6 Å². The van der Waals surface area contributed by atoms with Gasteiger partial charge in [-0.1, -0.05) is 0 Å². The van der Waals surface area contributed by atoms with Crippen LogP contribution < -0.4 is 16.0 Å². The van der Waals surface area contributed by atoms with Gasteiger partial charge in [0.25, 0.3) is 5.91 Å². The molecule has 1 fully saturated rings. The highest BCUT2D eigenvalue weighted by Gasteiger charge is 2.60. The van der Waals surface area contributed by atoms with Crippen molar-refractivity contribution in [3.05, 3.63) is 39.7 Å². The van der Waals surface area contributed by atoms with Gasteiger partial charge < -0.3 is 36.4 Å². The van der Waals surface area contributed by atoms with Gasteiger partial charge in [0, 0.05) is 56.3 Å². The van der Waals surface area contributed by atoms with Gasteiger partial charge in [-0.25, -0.2) is 4.39 Å². The predicted molar refractivity (Wildman–Crippen MR) is 123 cm³/mol. The molecule has 3 aliphatic rings. The highest BCUT2D eigenvalue weighted by Crippen LogP contribution is 2.53. The number of Topliss-reactive ketones (excluding diaryl/α,β-unsaturated/α-hetero) is 2. The summed E-state index contributed by atoms with van der Waals surface area (Å²) in [6, 6.07) is 1.72. The Morgan fingerprint density at radius 2 is 1.94 bits per heavy atom. The Labute approximate surface area is 200 Å². The summed E-state index contributed by atoms with van der Waals surface area (Å²) in [6.07, 6.45) is -0.0864. The number of nitrogens with zero attached hydrogens (tertiary/aromatic N) is 1. The summed E-state index contributed by atoms with van der Waals surface area (Å²) in [4.78, 5) is 39.5. The first-order valence-corrected chi connectivity index (χ1v) is 11.2. The van der Waals surface area contributed by atoms with Crippen LogP contribution >= 0.6 is 0 Å². The molecule has 0 radical (unpaired) electrons. The molecule has 3 aliphatic carbocycles. The Hall–Kier alpha value is -3.44. The number of nitrogens with two attached hydrogens (primary N) is 1. The molecule has 188 valence electrons. The minimum atomic E-state index is -2.60. The van der Waals surface area contributed by atoms with Crippen LogP contribution in [0.5, 0.6) is 5.75 Å². The molecule has 3 atom stereocenters. The molecule has 0 aromatic heterocycles. The number of fused-ring (bicyclic) bond motifs is 3. The lowest BCUT2D eigenvalue weighted by Crippen LogP contribution is -2.58. The van der Waals surface area contributed by atoms with Crippen LogP contribution in [0.15, 0.2) is 23.0 Å². The van der Waals surface area contributed by atoms with E-state index in [-0.39, 0.29) is 49.2 Å². The minimum Gasteiger partial charge on any atom is -0.508 e. The Kier molecular flexibility index (Phi) is 6.10. The third kappa shape index (κ3) is 3.57. The van der Waals surface area contributed by atoms with Crippen LogP contribution in [0.2, 0.25) is 0 Å². The summed E-state index contributed by atoms with van der Waals surface area (Å²) in [5, 5.41) is 47.0. The number of alkyl halides is 1. The van der Waals surface area contributed by atoms with Gasteiger partial charge in [0.05, 0.1) is 5.56 Å². The molecule has 11 heteroatoms. The molecule has 0 spiro atoms. The molecule has 0 bridgehead atoms. The number of ketones is 2. The third-order valence-corrected chi connectivity index (χ3v) is 7.19. The Balaban J connectivity index is 1.91. The van der Waals surface area contributed by atoms with Crippen LogP contribution in [0, 0.1) is 11.8 Å². The fourth-order valence-corrected chi connectivity index (χ4v) is 5.55. The number of halogens is 1. The zero-order chi connectivity index (χ0) is 25.8. The summed E-state index contributed by atoms with van der Waals surface area (Å²) in [5.41, 5.74) is 3.20. The van der Waals surface area contributed by atoms with Gasteiger partial charge in [-0.15, -0.1) is 0 Å². The number of hydrogen-bond donors (Lipinski definition) is 6. The normalized spacial score (nSPS) is 25.8. The maximum atomic E-state index is 13.6. The largest absolute Gasteiger partial charge is 0.508 e. The first kappa shape index (κ1) is 24.7. The number of anilines is 1. The Morgan fingerprint density at radius 3 is 2.54 bits per heavy atom. The number of nitrogens with one attached hydrogen (secondary N) is 1. The fourth-order valence-electron chi connectivity index (χ4n) is 5.55. The van der Waals surface area contributed by atoms with Crippen LogP contribution in [0.4, 0.5) is 10.1 Å². The topological polar surface area (TPSA) is 173 Å². The van der Waals surface area contributed by atoms with Crippen LogP contribution in [-0.4, -0.2) is 70.8 Å². The lowest BCUT2D eigenvalue weighted by molar-refractivity contribution is -0.147. The van der Waals surface area contributed by atoms with Crippen molar-refractivity contribution in [3.63, 3.8) is 0 Å². The number of phenolic OH excluding ortho intramolecular Hbond substituents is 1. The Morgan fingerprint density at radius 1 is 1.26 bits per heavy atom. The number of phenols is 1. The van der Waals surface area contributed by atoms with E-state index in [1.54, 1.807) is 25.1 Å². The van der Waals surface area contributed by atoms with Crippen molar-refractivity contribution in [2.75, 3.05) is 32.2 Å². The van der Waals surface area contributed by atoms with Crippen LogP contribution in [0.3, 0.4) is 0 Å². The van der Waals surface area contributed by atoms with Gasteiger partial charge in [0.1, 0.15) is 29.5 Å². The van der Waals surface area contributed by atoms with E-state index >= 15 is 0 Å². The summed E-state index contributed by atoms with van der Waals surface area (Å²) in [5.74, 6) is -6.65. The number of hydrogen-bond acceptors (Lipinski definition) is 9. The van der Waals surface area contributed by atoms with Gasteiger partial charge >= 0.3 is 0 Å². The van der Waals surface area contributed by atoms with E-state index in [0.29, 0.717) is 16.8 Å². The molecule has 0 aliphatic heterocycles. The molecule has 1 saturated carbocycles. The summed E-state index contributed by atoms with van der Waals surface area (Å²) in [6.45, 7) is -0.448. The van der Waals surface area contributed by atoms with Crippen molar-refractivity contribution in [1.29, 1.82) is 0 Å². The molecular weight excluding hydrogens is 461 g/mol. The zero-order valence-electron chi connectivity index (χ0n) is 19.4. The number of aliphatic hydroxyl groups excluding tert-OH is 2. The predicted octanol–water partition coefficient (Wildman–Crippen LogP) is 0.549. The van der Waals surface area contributed by atoms with Gasteiger partial charge in [-0.3, -0.25) is 14.4 Å². The van der Waals surface area contributed by atoms with E-state index < -0.39 is 58.7 Å². The average molecular weight is 490 g/mol. The van der Waals surface area contributed by atoms with Gasteiger partial charge in [0.15, 0.2) is 11.4 Å². The number of carbonyl (C=O) groups excluding carboxylic acids is 3. The molecule has 10 nitrogen and oxygen atoms in total. The molecule has 0 heterocycles. The second kappa shape index (κ2) is 8.65. The summed E-state index contributed by atoms with van der Waals surface area (Å²) < 4.78 is 12.6. The van der Waals surface area contributed by atoms with E-state index in [9.17, 15) is 39.2 Å². The summed E-state index contributed by atoms with van der Waals surface area (Å²) in [7, 11) is 3.56. The molecule has 1 aromatic carbocycles. The number of aromatic hydroxyl groups is 1. The van der Waals surface area contributed by atoms with Crippen LogP contribution in [-0.2, 0) is 27.3 Å². The lowest BCUT2D eigenvalue weighted by atomic mass is 9.59. The van der Waals surface area contributed by atoms with Gasteiger partial charge in [-0.2, -0.15) is 0 Å². The molecule has 35 heavy (non-hydrogen) atoms. The maximum Gasteiger partial charge on any atom is 0.255 e. The number of aliphatic hydroxyl groups is 3. The van der Waals surface area contributed by atoms with Crippen molar-refractivity contribution < 1.29 is 39.2 Å². The number of carbonyl (C=O) groups is 3. The van der Waals surface area contributed by atoms with Crippen molar-refractivity contribution >= 4 is 28.9 Å². The van der Waals surface area contributed by atoms with E-state index in [0.717, 1.165) is 0 Å². The molecule has 7 N–H and O–H groups in total. The lowest BCUT2D eigenvalue weighted by Gasteiger charge is -2.46. The number of primary amides is 1. The van der Waals surface area contributed by atoms with E-state index in [1.807, 2.05) is 0 Å². The van der Waals surface area contributed by atoms with Gasteiger partial charge in [-0.05, 0) is 30.4 Å². The molecule has 4 rings (SSSR count). The summed E-state index contributed by atoms with van der Waals surface area (Å²) >= 11 is 0. The third-order valence-electron chi connectivity index (χ3n) is 7.19. The molecule has 1 amide bonds. The maximum absolute atomic E-state index is 13.6. The molecular formula is C24H28FN3O7. The van der Waals surface area contributed by atoms with Crippen molar-refractivity contribution in [2.45, 2.75) is 31.4 Å². The first-order chi connectivity index (χ1) is 16.4. The van der Waals surface area contributed by atoms with Crippen molar-refractivity contribution in [1.82, 2.24) is 5.32 Å². The molecule has 3 unspecified atom stereocenters. The highest BCUT2D eigenvalue weighted by molar-refractivity contribution is 6.22.